The molecule has 0 amide bonds. The van der Waals surface area contributed by atoms with Gasteiger partial charge in [-0.05, 0) is 39.7 Å². The number of hydrogen-bond acceptors (Lipinski definition) is 6. The molecular weight excluding hydrogens is 250 g/mol. The maximum absolute atomic E-state index is 4.98. The van der Waals surface area contributed by atoms with E-state index in [9.17, 15) is 0 Å². The summed E-state index contributed by atoms with van der Waals surface area (Å²) in [7, 11) is 1.68. The number of hydrogen-bond donors (Lipinski definition) is 1. The van der Waals surface area contributed by atoms with Crippen LogP contribution in [0.15, 0.2) is 16.8 Å². The van der Waals surface area contributed by atoms with Crippen molar-refractivity contribution in [3.8, 4) is 0 Å². The van der Waals surface area contributed by atoms with E-state index in [4.69, 9.17) is 4.74 Å². The van der Waals surface area contributed by atoms with Gasteiger partial charge in [-0.3, -0.25) is 0 Å². The van der Waals surface area contributed by atoms with Gasteiger partial charge in [-0.1, -0.05) is 0 Å². The fourth-order valence-corrected chi connectivity index (χ4v) is 2.40. The highest BCUT2D eigenvalue weighted by atomic mass is 32.1. The Bertz CT molecular complexity index is 456. The summed E-state index contributed by atoms with van der Waals surface area (Å²) in [5, 5.41) is 19.3. The first kappa shape index (κ1) is 13.1. The summed E-state index contributed by atoms with van der Waals surface area (Å²) >= 11 is 1.68. The van der Waals surface area contributed by atoms with Crippen molar-refractivity contribution in [1.82, 2.24) is 25.5 Å². The second kappa shape index (κ2) is 6.58. The van der Waals surface area contributed by atoms with Crippen LogP contribution in [-0.4, -0.2) is 40.5 Å². The van der Waals surface area contributed by atoms with Gasteiger partial charge in [0.1, 0.15) is 0 Å². The summed E-state index contributed by atoms with van der Waals surface area (Å²) in [6.07, 6.45) is 0. The van der Waals surface area contributed by atoms with Crippen LogP contribution in [0.4, 0.5) is 0 Å². The number of nitrogens with zero attached hydrogens (tertiary/aromatic N) is 4. The van der Waals surface area contributed by atoms with E-state index in [0.717, 1.165) is 12.4 Å². The Kier molecular flexibility index (Phi) is 4.80. The first-order valence-corrected chi connectivity index (χ1v) is 6.75. The molecule has 7 heteroatoms. The molecule has 0 radical (unpaired) electrons. The molecule has 0 bridgehead atoms. The number of aromatic nitrogens is 4. The highest BCUT2D eigenvalue weighted by Crippen LogP contribution is 2.19. The van der Waals surface area contributed by atoms with Gasteiger partial charge in [-0.2, -0.15) is 11.3 Å². The average Bonchev–Trinajstić information content (AvgIpc) is 3.04. The third-order valence-corrected chi connectivity index (χ3v) is 3.42. The van der Waals surface area contributed by atoms with E-state index in [1.165, 1.54) is 5.56 Å². The Balaban J connectivity index is 1.99. The van der Waals surface area contributed by atoms with Crippen molar-refractivity contribution in [3.63, 3.8) is 0 Å². The van der Waals surface area contributed by atoms with Gasteiger partial charge in [0.05, 0.1) is 19.2 Å². The number of tetrazole rings is 1. The number of ether oxygens (including phenoxy) is 1. The summed E-state index contributed by atoms with van der Waals surface area (Å²) < 4.78 is 6.83. The zero-order valence-corrected chi connectivity index (χ0v) is 11.4. The number of nitrogens with one attached hydrogen (secondary N) is 1. The van der Waals surface area contributed by atoms with Gasteiger partial charge in [0, 0.05) is 13.7 Å². The van der Waals surface area contributed by atoms with Crippen molar-refractivity contribution < 1.29 is 4.74 Å². The Morgan fingerprint density at radius 2 is 2.44 bits per heavy atom. The average molecular weight is 267 g/mol. The predicted octanol–water partition coefficient (Wildman–Crippen LogP) is 1.08. The number of methoxy groups -OCH3 is 1. The number of thiophene rings is 1. The van der Waals surface area contributed by atoms with Crippen molar-refractivity contribution >= 4 is 11.3 Å². The van der Waals surface area contributed by atoms with E-state index in [-0.39, 0.29) is 6.04 Å². The van der Waals surface area contributed by atoms with Crippen molar-refractivity contribution in [2.75, 3.05) is 20.3 Å². The molecule has 0 aliphatic rings. The molecule has 0 aliphatic carbocycles. The fraction of sp³-hybridized carbons (Fsp3) is 0.545. The normalized spacial score (nSPS) is 12.8. The Hall–Kier alpha value is -1.31. The lowest BCUT2D eigenvalue weighted by Gasteiger charge is -2.12. The quantitative estimate of drug-likeness (QED) is 0.760. The van der Waals surface area contributed by atoms with E-state index >= 15 is 0 Å². The monoisotopic (exact) mass is 267 g/mol. The molecule has 0 spiro atoms. The molecule has 0 aromatic carbocycles. The molecule has 0 saturated heterocycles. The summed E-state index contributed by atoms with van der Waals surface area (Å²) in [5.41, 5.74) is 1.23. The van der Waals surface area contributed by atoms with Gasteiger partial charge in [0.25, 0.3) is 0 Å². The molecule has 1 atom stereocenters. The molecule has 0 fully saturated rings. The lowest BCUT2D eigenvalue weighted by atomic mass is 10.2. The second-order valence-corrected chi connectivity index (χ2v) is 4.72. The largest absolute Gasteiger partial charge is 0.383 e. The fourth-order valence-electron chi connectivity index (χ4n) is 1.66. The lowest BCUT2D eigenvalue weighted by Crippen LogP contribution is -2.22. The highest BCUT2D eigenvalue weighted by molar-refractivity contribution is 7.07. The van der Waals surface area contributed by atoms with E-state index in [1.807, 2.05) is 4.68 Å². The zero-order chi connectivity index (χ0) is 12.8. The third-order valence-electron chi connectivity index (χ3n) is 2.72. The van der Waals surface area contributed by atoms with E-state index in [1.54, 1.807) is 18.4 Å². The molecule has 1 unspecified atom stereocenters. The molecule has 18 heavy (non-hydrogen) atoms. The zero-order valence-electron chi connectivity index (χ0n) is 10.5. The molecule has 2 aromatic heterocycles. The van der Waals surface area contributed by atoms with Crippen molar-refractivity contribution in [2.24, 2.45) is 0 Å². The summed E-state index contributed by atoms with van der Waals surface area (Å²) in [4.78, 5) is 0. The highest BCUT2D eigenvalue weighted by Gasteiger charge is 2.14. The van der Waals surface area contributed by atoms with Crippen LogP contribution in [0.5, 0.6) is 0 Å². The Morgan fingerprint density at radius 3 is 3.17 bits per heavy atom. The van der Waals surface area contributed by atoms with Gasteiger partial charge in [0.15, 0.2) is 5.82 Å². The third kappa shape index (κ3) is 3.12. The molecule has 2 aromatic rings. The van der Waals surface area contributed by atoms with Gasteiger partial charge >= 0.3 is 0 Å². The van der Waals surface area contributed by atoms with E-state index in [0.29, 0.717) is 13.2 Å². The topological polar surface area (TPSA) is 64.9 Å². The SMILES string of the molecule is COCCNCc1nnnn1C(C)c1ccsc1. The summed E-state index contributed by atoms with van der Waals surface area (Å²) in [6.45, 7) is 4.21. The van der Waals surface area contributed by atoms with Crippen LogP contribution in [0.3, 0.4) is 0 Å². The first-order chi connectivity index (χ1) is 8.83. The van der Waals surface area contributed by atoms with E-state index < -0.39 is 0 Å². The van der Waals surface area contributed by atoms with Crippen LogP contribution >= 0.6 is 11.3 Å². The van der Waals surface area contributed by atoms with Crippen LogP contribution in [0.2, 0.25) is 0 Å². The van der Waals surface area contributed by atoms with Crippen LogP contribution in [0.25, 0.3) is 0 Å². The smallest absolute Gasteiger partial charge is 0.165 e. The molecule has 98 valence electrons. The molecule has 0 saturated carbocycles. The minimum Gasteiger partial charge on any atom is -0.383 e. The molecule has 0 aliphatic heterocycles. The van der Waals surface area contributed by atoms with E-state index in [2.05, 4.69) is 44.6 Å². The molecule has 6 nitrogen and oxygen atoms in total. The lowest BCUT2D eigenvalue weighted by molar-refractivity contribution is 0.198. The second-order valence-electron chi connectivity index (χ2n) is 3.94. The molecule has 2 rings (SSSR count). The number of rotatable bonds is 7. The summed E-state index contributed by atoms with van der Waals surface area (Å²) in [5.74, 6) is 0.838. The minimum absolute atomic E-state index is 0.158. The molecule has 1 N–H and O–H groups in total. The summed E-state index contributed by atoms with van der Waals surface area (Å²) in [6, 6.07) is 2.25. The van der Waals surface area contributed by atoms with Gasteiger partial charge in [0.2, 0.25) is 0 Å². The predicted molar refractivity (Wildman–Crippen MR) is 69.5 cm³/mol. The van der Waals surface area contributed by atoms with Crippen LogP contribution in [-0.2, 0) is 11.3 Å². The maximum atomic E-state index is 4.98. The van der Waals surface area contributed by atoms with Gasteiger partial charge in [-0.15, -0.1) is 5.10 Å². The first-order valence-electron chi connectivity index (χ1n) is 5.81. The van der Waals surface area contributed by atoms with Crippen molar-refractivity contribution in [2.45, 2.75) is 19.5 Å². The maximum Gasteiger partial charge on any atom is 0.165 e. The molecular formula is C11H17N5OS. The minimum atomic E-state index is 0.158. The standard InChI is InChI=1S/C11H17N5OS/c1-9(10-3-6-18-8-10)16-11(13-14-15-16)7-12-4-5-17-2/h3,6,8-9,12H,4-5,7H2,1-2H3. The van der Waals surface area contributed by atoms with Crippen molar-refractivity contribution in [3.05, 3.63) is 28.2 Å². The van der Waals surface area contributed by atoms with Crippen LogP contribution in [0, 0.1) is 0 Å². The van der Waals surface area contributed by atoms with Crippen LogP contribution < -0.4 is 5.32 Å². The molecule has 2 heterocycles. The Morgan fingerprint density at radius 1 is 1.56 bits per heavy atom. The van der Waals surface area contributed by atoms with Crippen molar-refractivity contribution in [1.29, 1.82) is 0 Å². The van der Waals surface area contributed by atoms with Gasteiger partial charge in [-0.25, -0.2) is 4.68 Å². The Labute approximate surface area is 110 Å². The van der Waals surface area contributed by atoms with Crippen LogP contribution in [0.1, 0.15) is 24.4 Å². The van der Waals surface area contributed by atoms with Gasteiger partial charge < -0.3 is 10.1 Å².